The van der Waals surface area contributed by atoms with Gasteiger partial charge in [0.25, 0.3) is 0 Å². The van der Waals surface area contributed by atoms with Gasteiger partial charge in [-0.3, -0.25) is 4.79 Å². The number of hydrogen-bond acceptors (Lipinski definition) is 4. The zero-order valence-corrected chi connectivity index (χ0v) is 15.8. The van der Waals surface area contributed by atoms with Crippen molar-refractivity contribution in [2.45, 2.75) is 51.2 Å². The van der Waals surface area contributed by atoms with Gasteiger partial charge in [0.2, 0.25) is 0 Å². The van der Waals surface area contributed by atoms with Gasteiger partial charge in [0, 0.05) is 42.4 Å². The maximum Gasteiger partial charge on any atom is 0.410 e. The third kappa shape index (κ3) is 3.43. The van der Waals surface area contributed by atoms with E-state index in [9.17, 15) is 9.59 Å². The first-order chi connectivity index (χ1) is 11.2. The molecule has 1 amide bonds. The predicted octanol–water partition coefficient (Wildman–Crippen LogP) is 3.72. The molecule has 0 N–H and O–H groups in total. The molecule has 0 aromatic heterocycles. The summed E-state index contributed by atoms with van der Waals surface area (Å²) in [6.07, 6.45) is 1.05. The highest BCUT2D eigenvalue weighted by atomic mass is 79.9. The van der Waals surface area contributed by atoms with Crippen LogP contribution in [0.4, 0.5) is 4.79 Å². The van der Waals surface area contributed by atoms with Gasteiger partial charge >= 0.3 is 6.09 Å². The Bertz CT molecular complexity index is 672. The fourth-order valence-electron chi connectivity index (χ4n) is 3.15. The molecule has 0 unspecified atom stereocenters. The second-order valence-corrected chi connectivity index (χ2v) is 8.33. The van der Waals surface area contributed by atoms with Crippen LogP contribution in [0.3, 0.4) is 0 Å². The van der Waals surface area contributed by atoms with Crippen molar-refractivity contribution in [2.24, 2.45) is 0 Å². The van der Waals surface area contributed by atoms with Gasteiger partial charge in [-0.15, -0.1) is 0 Å². The van der Waals surface area contributed by atoms with Crippen molar-refractivity contribution in [3.63, 3.8) is 0 Å². The molecule has 2 aliphatic rings. The van der Waals surface area contributed by atoms with E-state index in [1.165, 1.54) is 0 Å². The van der Waals surface area contributed by atoms with E-state index in [1.54, 1.807) is 4.90 Å². The van der Waals surface area contributed by atoms with Crippen molar-refractivity contribution < 1.29 is 19.1 Å². The van der Waals surface area contributed by atoms with Crippen molar-refractivity contribution in [1.29, 1.82) is 0 Å². The molecule has 3 rings (SSSR count). The third-order valence-corrected chi connectivity index (χ3v) is 4.90. The van der Waals surface area contributed by atoms with Crippen LogP contribution in [-0.4, -0.2) is 41.1 Å². The minimum Gasteiger partial charge on any atom is -0.479 e. The first kappa shape index (κ1) is 17.3. The number of halogens is 1. The number of nitrogens with zero attached hydrogens (tertiary/aromatic N) is 1. The number of ketones is 1. The van der Waals surface area contributed by atoms with Crippen molar-refractivity contribution in [3.05, 3.63) is 28.2 Å². The maximum absolute atomic E-state index is 12.7. The molecule has 24 heavy (non-hydrogen) atoms. The lowest BCUT2D eigenvalue weighted by atomic mass is 9.82. The summed E-state index contributed by atoms with van der Waals surface area (Å²) in [5.74, 6) is 0.862. The van der Waals surface area contributed by atoms with E-state index in [2.05, 4.69) is 15.9 Å². The maximum atomic E-state index is 12.7. The lowest BCUT2D eigenvalue weighted by Gasteiger charge is -2.43. The van der Waals surface area contributed by atoms with Crippen LogP contribution in [0.2, 0.25) is 0 Å². The number of likely N-dealkylation sites (tertiary alicyclic amines) is 1. The number of benzene rings is 1. The molecule has 0 aliphatic carbocycles. The minimum absolute atomic E-state index is 0.0944. The summed E-state index contributed by atoms with van der Waals surface area (Å²) >= 11 is 3.42. The molecule has 0 atom stereocenters. The lowest BCUT2D eigenvalue weighted by Crippen LogP contribution is -2.56. The van der Waals surface area contributed by atoms with Gasteiger partial charge in [0.15, 0.2) is 11.4 Å². The first-order valence-electron chi connectivity index (χ1n) is 8.17. The van der Waals surface area contributed by atoms with Crippen LogP contribution >= 0.6 is 15.9 Å². The smallest absolute Gasteiger partial charge is 0.410 e. The Labute approximate surface area is 150 Å². The Hall–Kier alpha value is -1.56. The van der Waals surface area contributed by atoms with Crippen LogP contribution in [0.5, 0.6) is 5.75 Å². The highest BCUT2D eigenvalue weighted by Gasteiger charge is 2.47. The fourth-order valence-corrected chi connectivity index (χ4v) is 3.55. The van der Waals surface area contributed by atoms with Crippen LogP contribution in [0.15, 0.2) is 22.7 Å². The second-order valence-electron chi connectivity index (χ2n) is 7.42. The first-order valence-corrected chi connectivity index (χ1v) is 8.97. The SMILES string of the molecule is CC(C)(C)OC(=O)N1CCC2(CC1)Oc1ccc(Br)cc1CC2=O. The molecule has 1 saturated heterocycles. The molecule has 1 aromatic rings. The Morgan fingerprint density at radius 2 is 1.96 bits per heavy atom. The number of carbonyl (C=O) groups excluding carboxylic acids is 2. The Morgan fingerprint density at radius 3 is 2.58 bits per heavy atom. The van der Waals surface area contributed by atoms with E-state index >= 15 is 0 Å². The molecule has 130 valence electrons. The quantitative estimate of drug-likeness (QED) is 0.671. The van der Waals surface area contributed by atoms with E-state index in [4.69, 9.17) is 9.47 Å². The number of amides is 1. The Balaban J connectivity index is 1.70. The zero-order chi connectivity index (χ0) is 17.5. The largest absolute Gasteiger partial charge is 0.479 e. The van der Waals surface area contributed by atoms with E-state index in [-0.39, 0.29) is 11.9 Å². The van der Waals surface area contributed by atoms with Crippen LogP contribution in [0, 0.1) is 0 Å². The van der Waals surface area contributed by atoms with Crippen molar-refractivity contribution >= 4 is 27.8 Å². The zero-order valence-electron chi connectivity index (χ0n) is 14.2. The summed E-state index contributed by atoms with van der Waals surface area (Å²) < 4.78 is 12.5. The van der Waals surface area contributed by atoms with Crippen LogP contribution in [0.1, 0.15) is 39.2 Å². The molecule has 2 heterocycles. The lowest BCUT2D eigenvalue weighted by molar-refractivity contribution is -0.140. The summed E-state index contributed by atoms with van der Waals surface area (Å²) in [4.78, 5) is 26.5. The summed E-state index contributed by atoms with van der Waals surface area (Å²) in [7, 11) is 0. The van der Waals surface area contributed by atoms with Gasteiger partial charge in [0.05, 0.1) is 0 Å². The number of hydrogen-bond donors (Lipinski definition) is 0. The van der Waals surface area contributed by atoms with Gasteiger partial charge < -0.3 is 14.4 Å². The summed E-state index contributed by atoms with van der Waals surface area (Å²) in [5.41, 5.74) is -0.413. The highest BCUT2D eigenvalue weighted by Crippen LogP contribution is 2.38. The highest BCUT2D eigenvalue weighted by molar-refractivity contribution is 9.10. The Kier molecular flexibility index (Phi) is 4.36. The van der Waals surface area contributed by atoms with Crippen LogP contribution < -0.4 is 4.74 Å². The molecule has 5 nitrogen and oxygen atoms in total. The molecular weight excluding hydrogens is 374 g/mol. The molecule has 0 saturated carbocycles. The van der Waals surface area contributed by atoms with Crippen molar-refractivity contribution in [2.75, 3.05) is 13.1 Å². The normalized spacial score (nSPS) is 19.7. The summed E-state index contributed by atoms with van der Waals surface area (Å²) in [6, 6.07) is 5.74. The monoisotopic (exact) mass is 395 g/mol. The van der Waals surface area contributed by atoms with Gasteiger partial charge in [-0.2, -0.15) is 0 Å². The number of carbonyl (C=O) groups is 2. The average molecular weight is 396 g/mol. The molecule has 6 heteroatoms. The van der Waals surface area contributed by atoms with E-state index in [1.807, 2.05) is 39.0 Å². The molecule has 1 fully saturated rings. The number of fused-ring (bicyclic) bond motifs is 1. The molecule has 0 bridgehead atoms. The fraction of sp³-hybridized carbons (Fsp3) is 0.556. The number of Topliss-reactive ketones (excluding diaryl/α,β-unsaturated/α-hetero) is 1. The van der Waals surface area contributed by atoms with E-state index < -0.39 is 11.2 Å². The summed E-state index contributed by atoms with van der Waals surface area (Å²) in [6.45, 7) is 6.47. The summed E-state index contributed by atoms with van der Waals surface area (Å²) in [5, 5.41) is 0. The van der Waals surface area contributed by atoms with E-state index in [0.29, 0.717) is 32.4 Å². The third-order valence-electron chi connectivity index (χ3n) is 4.41. The van der Waals surface area contributed by atoms with Crippen LogP contribution in [0.25, 0.3) is 0 Å². The van der Waals surface area contributed by atoms with Gasteiger partial charge in [-0.1, -0.05) is 15.9 Å². The number of piperidine rings is 1. The molecule has 1 spiro atoms. The topological polar surface area (TPSA) is 55.8 Å². The van der Waals surface area contributed by atoms with E-state index in [0.717, 1.165) is 15.8 Å². The molecule has 1 aromatic carbocycles. The Morgan fingerprint density at radius 1 is 1.29 bits per heavy atom. The van der Waals surface area contributed by atoms with Crippen LogP contribution in [-0.2, 0) is 16.0 Å². The number of rotatable bonds is 0. The average Bonchev–Trinajstić information content (AvgIpc) is 2.48. The minimum atomic E-state index is -0.806. The van der Waals surface area contributed by atoms with Gasteiger partial charge in [-0.25, -0.2) is 4.79 Å². The number of ether oxygens (including phenoxy) is 2. The van der Waals surface area contributed by atoms with Crippen molar-refractivity contribution in [1.82, 2.24) is 4.90 Å². The molecule has 2 aliphatic heterocycles. The van der Waals surface area contributed by atoms with Gasteiger partial charge in [-0.05, 0) is 39.0 Å². The molecular formula is C18H22BrNO4. The molecule has 0 radical (unpaired) electrons. The van der Waals surface area contributed by atoms with Gasteiger partial charge in [0.1, 0.15) is 11.4 Å². The second kappa shape index (κ2) is 6.06. The van der Waals surface area contributed by atoms with Crippen molar-refractivity contribution in [3.8, 4) is 5.75 Å². The standard InChI is InChI=1S/C18H22BrNO4/c1-17(2,3)24-16(22)20-8-6-18(7-9-20)15(21)11-12-10-13(19)4-5-14(12)23-18/h4-5,10H,6-9,11H2,1-3H3. The predicted molar refractivity (Wildman–Crippen MR) is 93.3 cm³/mol.